The van der Waals surface area contributed by atoms with Crippen LogP contribution < -0.4 is 68.8 Å². The highest BCUT2D eigenvalue weighted by molar-refractivity contribution is 5.98. The average Bonchev–Trinajstić information content (AvgIpc) is 1.10. The zero-order chi connectivity index (χ0) is 103. The summed E-state index contributed by atoms with van der Waals surface area (Å²) in [4.78, 5) is 177. The number of amides is 4. The highest BCUT2D eigenvalue weighted by atomic mass is 19.1. The van der Waals surface area contributed by atoms with Gasteiger partial charge in [0.1, 0.15) is 81.0 Å². The second-order valence-electron chi connectivity index (χ2n) is 36.5. The maximum atomic E-state index is 14.9. The van der Waals surface area contributed by atoms with Crippen LogP contribution in [0.3, 0.4) is 0 Å². The number of rotatable bonds is 20. The number of benzene rings is 4. The molecule has 6 aliphatic heterocycles. The molecule has 6 saturated heterocycles. The number of anilines is 9. The van der Waals surface area contributed by atoms with Gasteiger partial charge in [-0.1, -0.05) is 78.3 Å². The van der Waals surface area contributed by atoms with Crippen molar-refractivity contribution < 1.29 is 32.8 Å². The summed E-state index contributed by atoms with van der Waals surface area (Å²) in [6, 6.07) is 24.6. The summed E-state index contributed by atoms with van der Waals surface area (Å²) < 4.78 is 36.6. The number of carbonyl (C=O) groups excluding carboxylic acids is 5. The lowest BCUT2D eigenvalue weighted by atomic mass is 10.1. The number of halogens is 2. The largest absolute Gasteiger partial charge is 0.398 e. The van der Waals surface area contributed by atoms with Crippen LogP contribution in [-0.4, -0.2) is 296 Å². The van der Waals surface area contributed by atoms with Crippen molar-refractivity contribution in [1.29, 1.82) is 0 Å². The van der Waals surface area contributed by atoms with Crippen molar-refractivity contribution in [1.82, 2.24) is 97.3 Å². The lowest BCUT2D eigenvalue weighted by Gasteiger charge is -2.45. The van der Waals surface area contributed by atoms with E-state index in [1.807, 2.05) is 82.0 Å². The molecule has 0 unspecified atom stereocenters. The molecule has 750 valence electrons. The normalized spacial score (nSPS) is 15.2. The van der Waals surface area contributed by atoms with Crippen molar-refractivity contribution >= 4 is 136 Å². The van der Waals surface area contributed by atoms with E-state index < -0.39 is 22.8 Å². The quantitative estimate of drug-likeness (QED) is 0.0474. The van der Waals surface area contributed by atoms with Gasteiger partial charge >= 0.3 is 0 Å². The van der Waals surface area contributed by atoms with E-state index in [1.165, 1.54) is 82.0 Å². The molecule has 6 aliphatic rings. The third-order valence-corrected chi connectivity index (χ3v) is 28.0. The van der Waals surface area contributed by atoms with Gasteiger partial charge in [-0.2, -0.15) is 15.1 Å². The van der Waals surface area contributed by atoms with Gasteiger partial charge in [0.15, 0.2) is 0 Å². The van der Waals surface area contributed by atoms with E-state index in [1.54, 1.807) is 67.0 Å². The molecule has 0 bridgehead atoms. The molecule has 4 amide bonds. The predicted molar refractivity (Wildman–Crippen MR) is 560 cm³/mol. The first kappa shape index (κ1) is 101. The van der Waals surface area contributed by atoms with E-state index in [9.17, 15) is 51.9 Å². The molecule has 13 aromatic rings. The van der Waals surface area contributed by atoms with E-state index in [-0.39, 0.29) is 74.4 Å². The SMILES string of the molecule is C=CC(=O)N1CCN(c2nc(N3CC(N(CC)CC)C3)nc3c(=O)n(-c4c(C)ccc(N)c4C)c(C)cc23)CC1.C=CC(=O)N1CCN(c2nc(N3CC(N(CC)CC)C3)nc3c(=O)n(-c4c(N)cccc4F)c(C)cc23)CC1.C=CC(=O)N1CCN(c2ncnc3c(=O)n(-c4c(C)ccc5c4cnn5C(C)=O)c(C)cc23)CC1.C=CC(=O)N1CCN(c2ncnc3c(=O)n(-c4c(N)cccc4F)c(C)cc23)CC1. The number of nitrogens with zero attached hydrogens (tertiary/aromatic N) is 26. The minimum Gasteiger partial charge on any atom is -0.398 e. The van der Waals surface area contributed by atoms with Crippen LogP contribution in [0.4, 0.5) is 61.0 Å². The molecule has 6 N–H and O–H groups in total. The number of fused-ring (bicyclic) bond motifs is 5. The van der Waals surface area contributed by atoms with E-state index in [4.69, 9.17) is 37.1 Å². The van der Waals surface area contributed by atoms with Gasteiger partial charge in [0, 0.05) is 184 Å². The first-order valence-corrected chi connectivity index (χ1v) is 48.4. The molecule has 40 heteroatoms. The van der Waals surface area contributed by atoms with Crippen molar-refractivity contribution in [3.05, 3.63) is 247 Å². The maximum Gasteiger partial charge on any atom is 0.282 e. The Balaban J connectivity index is 0.000000138. The van der Waals surface area contributed by atoms with Crippen molar-refractivity contribution in [3.8, 4) is 22.7 Å². The van der Waals surface area contributed by atoms with Crippen LogP contribution in [0.5, 0.6) is 0 Å². The molecule has 9 aromatic heterocycles. The highest BCUT2D eigenvalue weighted by Crippen LogP contribution is 2.38. The predicted octanol–water partition coefficient (Wildman–Crippen LogP) is 8.72. The first-order chi connectivity index (χ1) is 69.2. The van der Waals surface area contributed by atoms with Gasteiger partial charge in [-0.05, 0) is 176 Å². The Labute approximate surface area is 830 Å². The second kappa shape index (κ2) is 42.4. The van der Waals surface area contributed by atoms with Crippen LogP contribution in [0.15, 0.2) is 174 Å². The van der Waals surface area contributed by atoms with Gasteiger partial charge in [-0.15, -0.1) is 0 Å². The zero-order valence-electron chi connectivity index (χ0n) is 83.4. The summed E-state index contributed by atoms with van der Waals surface area (Å²) >= 11 is 0. The number of pyridine rings is 4. The van der Waals surface area contributed by atoms with Crippen molar-refractivity contribution in [2.45, 2.75) is 95.2 Å². The Morgan fingerprint density at radius 2 is 0.701 bits per heavy atom. The lowest BCUT2D eigenvalue weighted by Crippen LogP contribution is -2.60. The summed E-state index contributed by atoms with van der Waals surface area (Å²) in [6.45, 7) is 53.5. The average molecular weight is 1960 g/mol. The molecule has 19 rings (SSSR count). The van der Waals surface area contributed by atoms with Crippen LogP contribution in [0.1, 0.15) is 78.9 Å². The molecule has 0 radical (unpaired) electrons. The number of piperazine rings is 4. The standard InChI is InChI=1S/C30H40N8O2.C28H35FN8O2.C25H25N7O3.C21H21FN6O2/c1-7-25(39)35-12-14-36(15-13-35)28-23-16-20(5)38(27-19(4)10-11-24(31)21(27)6)29(40)26(23)32-30(33-28)37-17-22(18-37)34(8-2)9-3;1-5-23(38)34-11-13-35(14-12-34)26-20-15-18(4)37(25-21(29)9-8-10-22(25)30)27(39)24(20)31-28(32-26)36-16-19(17-36)33(6-2)7-3;1-5-21(34)29-8-10-30(11-9-29)24-18-12-16(3)31(25(35)22(18)26-14-27-24)23-15(2)6-7-20-19(23)13-28-32(20)17(4)33;1-3-17(29)26-7-9-27(10-8-26)20-14-11-13(2)28(21(30)18(14)24-12-25-20)19-15(22)5-4-6-16(19)23/h7,10-11,16,22H,1,8-9,12-15,17-18,31H2,2-6H3;5,8-10,15,19H,1,6-7,11-14,16-17,30H2,2-4H3;5-7,12-14H,1,8-11H2,2-4H3;3-6,11-12H,1,7-10,23H2,2H3. The van der Waals surface area contributed by atoms with E-state index in [0.29, 0.717) is 213 Å². The highest BCUT2D eigenvalue weighted by Gasteiger charge is 2.38. The fourth-order valence-electron chi connectivity index (χ4n) is 20.1. The molecule has 4 aromatic carbocycles. The molecular formula is C104H121F2N29O9. The third-order valence-electron chi connectivity index (χ3n) is 28.0. The topological polar surface area (TPSA) is 411 Å². The van der Waals surface area contributed by atoms with Crippen molar-refractivity contribution in [2.24, 2.45) is 0 Å². The Bertz CT molecular complexity index is 7490. The summed E-state index contributed by atoms with van der Waals surface area (Å²) in [5.74, 6) is 1.97. The number of aromatic nitrogens is 14. The Morgan fingerprint density at radius 1 is 0.382 bits per heavy atom. The number of hydrogen-bond acceptors (Lipinski definition) is 29. The molecule has 15 heterocycles. The third kappa shape index (κ3) is 19.3. The second-order valence-corrected chi connectivity index (χ2v) is 36.5. The van der Waals surface area contributed by atoms with Crippen LogP contribution in [-0.2, 0) is 19.2 Å². The Hall–Kier alpha value is -16.0. The van der Waals surface area contributed by atoms with Gasteiger partial charge in [-0.25, -0.2) is 43.4 Å². The van der Waals surface area contributed by atoms with Gasteiger partial charge in [0.05, 0.1) is 56.0 Å². The molecule has 0 aliphatic carbocycles. The number of nitrogens with two attached hydrogens (primary N) is 3. The van der Waals surface area contributed by atoms with Gasteiger partial charge in [0.2, 0.25) is 41.4 Å². The molecule has 0 saturated carbocycles. The molecule has 38 nitrogen and oxygen atoms in total. The number of carbonyl (C=O) groups is 5. The Kier molecular flexibility index (Phi) is 29.7. The summed E-state index contributed by atoms with van der Waals surface area (Å²) in [5.41, 5.74) is 26.4. The fraction of sp³-hybridized carbons (Fsp3) is 0.365. The first-order valence-electron chi connectivity index (χ1n) is 48.4. The monoisotopic (exact) mass is 1960 g/mol. The van der Waals surface area contributed by atoms with E-state index in [2.05, 4.69) is 113 Å². The number of para-hydroxylation sites is 2. The van der Waals surface area contributed by atoms with Crippen molar-refractivity contribution in [3.63, 3.8) is 0 Å². The van der Waals surface area contributed by atoms with E-state index >= 15 is 0 Å². The fourth-order valence-corrected chi connectivity index (χ4v) is 20.1. The minimum absolute atomic E-state index is 0.0126. The molecule has 0 spiro atoms. The van der Waals surface area contributed by atoms with Crippen LogP contribution in [0, 0.1) is 60.1 Å². The Morgan fingerprint density at radius 3 is 1.04 bits per heavy atom. The summed E-state index contributed by atoms with van der Waals surface area (Å²) in [5, 5.41) is 7.51. The van der Waals surface area contributed by atoms with Gasteiger partial charge in [0.25, 0.3) is 22.2 Å². The van der Waals surface area contributed by atoms with Crippen LogP contribution in [0.25, 0.3) is 77.3 Å². The smallest absolute Gasteiger partial charge is 0.282 e. The lowest BCUT2D eigenvalue weighted by molar-refractivity contribution is -0.127. The molecular weight excluding hydrogens is 1840 g/mol. The van der Waals surface area contributed by atoms with E-state index in [0.717, 1.165) is 91.6 Å². The van der Waals surface area contributed by atoms with Crippen LogP contribution in [0.2, 0.25) is 0 Å². The van der Waals surface area contributed by atoms with Crippen molar-refractivity contribution in [2.75, 3.05) is 204 Å². The maximum absolute atomic E-state index is 14.9. The minimum atomic E-state index is -0.586. The molecule has 144 heavy (non-hydrogen) atoms. The number of nitrogen functional groups attached to an aromatic ring is 3. The number of likely N-dealkylation sites (N-methyl/N-ethyl adjacent to an activating group) is 2. The molecule has 6 fully saturated rings. The number of hydrogen-bond donors (Lipinski definition) is 3. The zero-order valence-corrected chi connectivity index (χ0v) is 83.4. The summed E-state index contributed by atoms with van der Waals surface area (Å²) in [6.07, 6.45) is 9.65. The van der Waals surface area contributed by atoms with Crippen LogP contribution >= 0.6 is 0 Å². The van der Waals surface area contributed by atoms with Gasteiger partial charge in [-0.3, -0.25) is 71.2 Å². The summed E-state index contributed by atoms with van der Waals surface area (Å²) in [7, 11) is 0. The number of aryl methyl sites for hydroxylation is 6. The molecule has 0 atom stereocenters. The van der Waals surface area contributed by atoms with Gasteiger partial charge < -0.3 is 66.2 Å².